The fourth-order valence-electron chi connectivity index (χ4n) is 4.06. The van der Waals surface area contributed by atoms with E-state index < -0.39 is 47.5 Å². The molecule has 1 aliphatic rings. The molecule has 0 atom stereocenters. The number of aromatic carboxylic acids is 1. The molecule has 4 rings (SSSR count). The molecule has 0 fully saturated rings. The predicted octanol–water partition coefficient (Wildman–Crippen LogP) is 3.21. The fraction of sp³-hybridized carbons (Fsp3) is 0.200. The number of rotatable bonds is 6. The van der Waals surface area contributed by atoms with Gasteiger partial charge in [0, 0.05) is 34.0 Å². The van der Waals surface area contributed by atoms with Crippen LogP contribution in [-0.4, -0.2) is 11.0 Å². The van der Waals surface area contributed by atoms with Gasteiger partial charge in [-0.3, -0.25) is 4.98 Å². The summed E-state index contributed by atoms with van der Waals surface area (Å²) in [4.78, 5) is 14.7. The Hall–Kier alpha value is -2.53. The number of benzene rings is 2. The van der Waals surface area contributed by atoms with Gasteiger partial charge in [-0.05, 0) is 66.3 Å². The summed E-state index contributed by atoms with van der Waals surface area (Å²) < 4.78 is 86.1. The number of carbonyl (C=O) groups excluding carboxylic acids is 1. The quantitative estimate of drug-likeness (QED) is 0.269. The molecular weight excluding hydrogens is 535 g/mol. The zero-order valence-corrected chi connectivity index (χ0v) is 21.9. The Bertz CT molecular complexity index is 1390. The molecule has 0 bridgehead atoms. The summed E-state index contributed by atoms with van der Waals surface area (Å²) in [6.07, 6.45) is -2.59. The van der Waals surface area contributed by atoms with Gasteiger partial charge in [-0.25, -0.2) is 13.2 Å². The molecule has 1 aliphatic carbocycles. The number of hydrogen-bond donors (Lipinski definition) is 0. The SMILES string of the molecule is O=C([O-])c1cc(C2=C(c3cc(Cl)ccc3OCc3cc(F)c(F)cc3F)CCC2)cnc1C(F)(F)F.[Na+]. The Labute approximate surface area is 234 Å². The minimum atomic E-state index is -4.98. The molecule has 12 heteroatoms. The minimum Gasteiger partial charge on any atom is -0.545 e. The van der Waals surface area contributed by atoms with Crippen LogP contribution in [0.1, 0.15) is 52.0 Å². The van der Waals surface area contributed by atoms with Crippen LogP contribution in [0, 0.1) is 17.5 Å². The number of pyridine rings is 1. The molecule has 0 radical (unpaired) electrons. The Kier molecular flexibility index (Phi) is 9.00. The van der Waals surface area contributed by atoms with E-state index in [0.717, 1.165) is 12.3 Å². The molecule has 0 saturated heterocycles. The Morgan fingerprint density at radius 3 is 2.35 bits per heavy atom. The van der Waals surface area contributed by atoms with Crippen molar-refractivity contribution in [3.05, 3.63) is 93.0 Å². The summed E-state index contributed by atoms with van der Waals surface area (Å²) in [5.41, 5.74) is -1.14. The molecule has 0 saturated carbocycles. The smallest absolute Gasteiger partial charge is 0.545 e. The number of halogens is 7. The molecule has 0 N–H and O–H groups in total. The predicted molar refractivity (Wildman–Crippen MR) is 116 cm³/mol. The van der Waals surface area contributed by atoms with Crippen LogP contribution in [0.25, 0.3) is 11.1 Å². The van der Waals surface area contributed by atoms with Crippen molar-refractivity contribution in [3.8, 4) is 5.75 Å². The number of carbonyl (C=O) groups is 1. The van der Waals surface area contributed by atoms with Crippen LogP contribution < -0.4 is 39.4 Å². The van der Waals surface area contributed by atoms with Gasteiger partial charge in [-0.15, -0.1) is 0 Å². The minimum absolute atomic E-state index is 0. The summed E-state index contributed by atoms with van der Waals surface area (Å²) in [5.74, 6) is -5.40. The number of ether oxygens (including phenoxy) is 1. The van der Waals surface area contributed by atoms with Crippen molar-refractivity contribution in [2.24, 2.45) is 0 Å². The Morgan fingerprint density at radius 2 is 1.68 bits per heavy atom. The monoisotopic (exact) mass is 549 g/mol. The van der Waals surface area contributed by atoms with E-state index in [0.29, 0.717) is 53.1 Å². The van der Waals surface area contributed by atoms with Gasteiger partial charge in [0.15, 0.2) is 17.3 Å². The van der Waals surface area contributed by atoms with Gasteiger partial charge in [0.25, 0.3) is 0 Å². The standard InChI is InChI=1S/C25H16ClF6NO3.Na/c26-14-4-5-22(36-11-13-7-20(28)21(29)9-19(13)27)17(8-14)16-3-1-2-15(16)12-6-18(24(34)35)23(33-10-12)25(30,31)32;/h4-10H,1-3,11H2,(H,34,35);/q;+1/p-1. The first-order valence-corrected chi connectivity index (χ1v) is 10.9. The van der Waals surface area contributed by atoms with Gasteiger partial charge in [0.1, 0.15) is 18.2 Å². The second-order valence-electron chi connectivity index (χ2n) is 8.00. The van der Waals surface area contributed by atoms with Crippen LogP contribution >= 0.6 is 11.6 Å². The molecule has 37 heavy (non-hydrogen) atoms. The summed E-state index contributed by atoms with van der Waals surface area (Å²) in [5, 5.41) is 11.7. The molecule has 4 nitrogen and oxygen atoms in total. The van der Waals surface area contributed by atoms with E-state index >= 15 is 0 Å². The van der Waals surface area contributed by atoms with Crippen molar-refractivity contribution in [3.63, 3.8) is 0 Å². The van der Waals surface area contributed by atoms with Crippen LogP contribution in [0.4, 0.5) is 26.3 Å². The summed E-state index contributed by atoms with van der Waals surface area (Å²) in [7, 11) is 0. The molecular formula is C25H15ClF6NNaO3. The van der Waals surface area contributed by atoms with Crippen LogP contribution in [0.2, 0.25) is 5.02 Å². The van der Waals surface area contributed by atoms with E-state index in [1.807, 2.05) is 0 Å². The van der Waals surface area contributed by atoms with E-state index in [9.17, 15) is 36.2 Å². The number of alkyl halides is 3. The van der Waals surface area contributed by atoms with Crippen molar-refractivity contribution in [1.82, 2.24) is 4.98 Å². The third kappa shape index (κ3) is 6.31. The fourth-order valence-corrected chi connectivity index (χ4v) is 4.24. The van der Waals surface area contributed by atoms with Crippen molar-refractivity contribution >= 4 is 28.7 Å². The molecule has 1 heterocycles. The maximum atomic E-state index is 14.0. The molecule has 0 amide bonds. The van der Waals surface area contributed by atoms with Crippen molar-refractivity contribution in [1.29, 1.82) is 0 Å². The Balaban J connectivity index is 0.00000380. The largest absolute Gasteiger partial charge is 1.00 e. The Morgan fingerprint density at radius 1 is 1.00 bits per heavy atom. The maximum absolute atomic E-state index is 14.0. The first kappa shape index (κ1) is 29.0. The van der Waals surface area contributed by atoms with E-state index in [4.69, 9.17) is 16.3 Å². The van der Waals surface area contributed by atoms with E-state index in [1.165, 1.54) is 18.2 Å². The van der Waals surface area contributed by atoms with Gasteiger partial charge < -0.3 is 14.6 Å². The van der Waals surface area contributed by atoms with Crippen LogP contribution in [-0.2, 0) is 12.8 Å². The number of allylic oxidation sites excluding steroid dienone is 2. The molecule has 0 unspecified atom stereocenters. The van der Waals surface area contributed by atoms with Gasteiger partial charge in [0.05, 0.1) is 5.97 Å². The summed E-state index contributed by atoms with van der Waals surface area (Å²) in [6.45, 7) is -0.447. The average molecular weight is 550 g/mol. The third-order valence-corrected chi connectivity index (χ3v) is 5.92. The number of carboxylic acid groups (broad SMARTS) is 1. The number of carboxylic acids is 1. The van der Waals surface area contributed by atoms with Gasteiger partial charge in [-0.1, -0.05) is 11.6 Å². The van der Waals surface area contributed by atoms with Crippen LogP contribution in [0.5, 0.6) is 5.75 Å². The first-order chi connectivity index (χ1) is 17.0. The van der Waals surface area contributed by atoms with Crippen LogP contribution in [0.3, 0.4) is 0 Å². The van der Waals surface area contributed by atoms with Gasteiger partial charge >= 0.3 is 35.7 Å². The molecule has 2 aromatic carbocycles. The zero-order chi connectivity index (χ0) is 26.2. The first-order valence-electron chi connectivity index (χ1n) is 10.5. The van der Waals surface area contributed by atoms with E-state index in [1.54, 1.807) is 0 Å². The molecule has 3 aromatic rings. The third-order valence-electron chi connectivity index (χ3n) is 5.68. The number of nitrogens with zero attached hydrogens (tertiary/aromatic N) is 1. The number of hydrogen-bond acceptors (Lipinski definition) is 4. The molecule has 0 aliphatic heterocycles. The van der Waals surface area contributed by atoms with E-state index in [-0.39, 0.29) is 46.4 Å². The summed E-state index contributed by atoms with van der Waals surface area (Å²) in [6, 6.07) is 6.46. The summed E-state index contributed by atoms with van der Waals surface area (Å²) >= 11 is 6.15. The van der Waals surface area contributed by atoms with Gasteiger partial charge in [-0.2, -0.15) is 13.2 Å². The van der Waals surface area contributed by atoms with Crippen molar-refractivity contribution in [2.45, 2.75) is 32.0 Å². The second-order valence-corrected chi connectivity index (χ2v) is 8.44. The average Bonchev–Trinajstić information content (AvgIpc) is 3.30. The normalized spacial score (nSPS) is 13.5. The number of aromatic nitrogens is 1. The van der Waals surface area contributed by atoms with Crippen molar-refractivity contribution < 1.29 is 70.5 Å². The second kappa shape index (κ2) is 11.5. The van der Waals surface area contributed by atoms with Gasteiger partial charge in [0.2, 0.25) is 0 Å². The maximum Gasteiger partial charge on any atom is 1.00 e. The van der Waals surface area contributed by atoms with E-state index in [2.05, 4.69) is 4.98 Å². The molecule has 1 aromatic heterocycles. The van der Waals surface area contributed by atoms with Crippen molar-refractivity contribution in [2.75, 3.05) is 0 Å². The topological polar surface area (TPSA) is 62.2 Å². The van der Waals surface area contributed by atoms with Crippen LogP contribution in [0.15, 0.2) is 42.6 Å². The zero-order valence-electron chi connectivity index (χ0n) is 19.2. The molecule has 188 valence electrons. The molecule has 0 spiro atoms.